The minimum absolute atomic E-state index is 0.0161. The van der Waals surface area contributed by atoms with Gasteiger partial charge in [-0.25, -0.2) is 9.79 Å². The van der Waals surface area contributed by atoms with E-state index in [4.69, 9.17) is 23.9 Å². The molecule has 0 saturated heterocycles. The van der Waals surface area contributed by atoms with E-state index >= 15 is 0 Å². The van der Waals surface area contributed by atoms with Gasteiger partial charge in [-0.05, 0) is 63.1 Å². The third kappa shape index (κ3) is 6.89. The van der Waals surface area contributed by atoms with Crippen molar-refractivity contribution >= 4 is 34.8 Å². The van der Waals surface area contributed by atoms with Gasteiger partial charge in [-0.3, -0.25) is 19.5 Å². The Morgan fingerprint density at radius 1 is 1.00 bits per heavy atom. The van der Waals surface area contributed by atoms with Crippen LogP contribution in [0.5, 0.6) is 23.0 Å². The zero-order valence-electron chi connectivity index (χ0n) is 26.2. The summed E-state index contributed by atoms with van der Waals surface area (Å²) in [4.78, 5) is 44.0. The molecule has 0 saturated carbocycles. The Kier molecular flexibility index (Phi) is 10.0. The van der Waals surface area contributed by atoms with Gasteiger partial charge in [-0.2, -0.15) is 0 Å². The SMILES string of the molecule is CCOC(=O)C1=C(C)n2c(s/c(=C\c3ccc(O)c(OCC)c3)c2=O)=N[C@@H]1c1cc(OCC)c(OCc2ccccc2)cc1[N+](=O)[O-]. The number of aromatic hydroxyl groups is 1. The van der Waals surface area contributed by atoms with Gasteiger partial charge in [0.05, 0.1) is 46.5 Å². The van der Waals surface area contributed by atoms with Crippen LogP contribution in [0.25, 0.3) is 11.8 Å². The number of aromatic nitrogens is 1. The first-order chi connectivity index (χ1) is 22.7. The molecule has 244 valence electrons. The van der Waals surface area contributed by atoms with Crippen molar-refractivity contribution in [1.82, 2.24) is 4.57 Å². The predicted molar refractivity (Wildman–Crippen MR) is 176 cm³/mol. The van der Waals surface area contributed by atoms with Crippen molar-refractivity contribution in [3.8, 4) is 23.0 Å². The maximum atomic E-state index is 13.7. The fourth-order valence-electron chi connectivity index (χ4n) is 5.14. The first-order valence-corrected chi connectivity index (χ1v) is 15.8. The molecule has 0 fully saturated rings. The zero-order valence-corrected chi connectivity index (χ0v) is 27.0. The van der Waals surface area contributed by atoms with E-state index in [0.717, 1.165) is 16.9 Å². The zero-order chi connectivity index (χ0) is 33.7. The van der Waals surface area contributed by atoms with Gasteiger partial charge < -0.3 is 24.1 Å². The Labute approximate surface area is 273 Å². The number of carbonyl (C=O) groups is 1. The first-order valence-electron chi connectivity index (χ1n) is 14.9. The quantitative estimate of drug-likeness (QED) is 0.127. The van der Waals surface area contributed by atoms with Crippen LogP contribution in [0.4, 0.5) is 5.69 Å². The number of fused-ring (bicyclic) bond motifs is 1. The van der Waals surface area contributed by atoms with Crippen molar-refractivity contribution in [3.63, 3.8) is 0 Å². The molecule has 0 aliphatic carbocycles. The Bertz CT molecular complexity index is 2030. The van der Waals surface area contributed by atoms with E-state index in [2.05, 4.69) is 0 Å². The number of hydrogen-bond acceptors (Lipinski definition) is 11. The average molecular weight is 660 g/mol. The van der Waals surface area contributed by atoms with Crippen molar-refractivity contribution in [1.29, 1.82) is 0 Å². The molecule has 0 bridgehead atoms. The smallest absolute Gasteiger partial charge is 0.338 e. The summed E-state index contributed by atoms with van der Waals surface area (Å²) in [6.45, 7) is 7.54. The maximum absolute atomic E-state index is 13.7. The number of carbonyl (C=O) groups excluding carboxylic acids is 1. The second-order valence-electron chi connectivity index (χ2n) is 10.3. The van der Waals surface area contributed by atoms with E-state index in [1.165, 1.54) is 22.8 Å². The van der Waals surface area contributed by atoms with Crippen LogP contribution in [-0.4, -0.2) is 40.4 Å². The molecule has 0 unspecified atom stereocenters. The lowest BCUT2D eigenvalue weighted by Gasteiger charge is -2.23. The number of ether oxygens (including phenoxy) is 4. The second-order valence-corrected chi connectivity index (χ2v) is 11.3. The highest BCUT2D eigenvalue weighted by Gasteiger charge is 2.36. The highest BCUT2D eigenvalue weighted by molar-refractivity contribution is 7.07. The van der Waals surface area contributed by atoms with Crippen LogP contribution in [0, 0.1) is 10.1 Å². The van der Waals surface area contributed by atoms with E-state index in [-0.39, 0.29) is 74.7 Å². The van der Waals surface area contributed by atoms with E-state index < -0.39 is 22.5 Å². The van der Waals surface area contributed by atoms with Crippen molar-refractivity contribution < 1.29 is 33.8 Å². The molecule has 13 heteroatoms. The minimum atomic E-state index is -1.19. The molecule has 4 aromatic rings. The van der Waals surface area contributed by atoms with Crippen LogP contribution >= 0.6 is 11.3 Å². The van der Waals surface area contributed by atoms with Gasteiger partial charge in [0, 0.05) is 5.70 Å². The largest absolute Gasteiger partial charge is 0.504 e. The Balaban J connectivity index is 1.69. The summed E-state index contributed by atoms with van der Waals surface area (Å²) in [5.74, 6) is -0.135. The topological polar surface area (TPSA) is 152 Å². The first kappa shape index (κ1) is 32.9. The summed E-state index contributed by atoms with van der Waals surface area (Å²) in [5.41, 5.74) is 0.962. The molecule has 5 rings (SSSR count). The van der Waals surface area contributed by atoms with Gasteiger partial charge in [0.1, 0.15) is 12.6 Å². The molecule has 3 aromatic carbocycles. The normalized spacial score (nSPS) is 14.3. The fourth-order valence-corrected chi connectivity index (χ4v) is 6.18. The number of nitro groups is 1. The molecule has 0 radical (unpaired) electrons. The minimum Gasteiger partial charge on any atom is -0.504 e. The van der Waals surface area contributed by atoms with E-state index in [0.29, 0.717) is 12.2 Å². The summed E-state index contributed by atoms with van der Waals surface area (Å²) in [7, 11) is 0. The van der Waals surface area contributed by atoms with E-state index in [1.54, 1.807) is 45.9 Å². The lowest BCUT2D eigenvalue weighted by atomic mass is 9.94. The molecule has 1 aliphatic rings. The number of rotatable bonds is 12. The van der Waals surface area contributed by atoms with Gasteiger partial charge in [-0.1, -0.05) is 47.7 Å². The third-order valence-corrected chi connectivity index (χ3v) is 8.23. The number of phenols is 1. The molecule has 1 aliphatic heterocycles. The van der Waals surface area contributed by atoms with Crippen LogP contribution in [0.3, 0.4) is 0 Å². The number of nitrogens with zero attached hydrogens (tertiary/aromatic N) is 3. The molecule has 2 heterocycles. The Morgan fingerprint density at radius 2 is 1.70 bits per heavy atom. The fraction of sp³-hybridized carbons (Fsp3) is 0.265. The summed E-state index contributed by atoms with van der Waals surface area (Å²) in [5, 5.41) is 22.6. The van der Waals surface area contributed by atoms with Gasteiger partial charge in [0.25, 0.3) is 11.2 Å². The summed E-state index contributed by atoms with van der Waals surface area (Å²) >= 11 is 1.06. The van der Waals surface area contributed by atoms with Gasteiger partial charge in [0.2, 0.25) is 0 Å². The summed E-state index contributed by atoms with van der Waals surface area (Å²) in [6, 6.07) is 15.6. The molecule has 0 amide bonds. The number of esters is 1. The van der Waals surface area contributed by atoms with Gasteiger partial charge >= 0.3 is 5.97 Å². The molecule has 47 heavy (non-hydrogen) atoms. The number of phenolic OH excluding ortho intramolecular Hbond substituents is 1. The van der Waals surface area contributed by atoms with Crippen LogP contribution in [0.15, 0.2) is 76.0 Å². The molecule has 1 N–H and O–H groups in total. The third-order valence-electron chi connectivity index (χ3n) is 7.24. The molecule has 12 nitrogen and oxygen atoms in total. The molecular weight excluding hydrogens is 626 g/mol. The van der Waals surface area contributed by atoms with Crippen LogP contribution in [0.2, 0.25) is 0 Å². The summed E-state index contributed by atoms with van der Waals surface area (Å²) < 4.78 is 24.2. The highest BCUT2D eigenvalue weighted by Crippen LogP contribution is 2.43. The van der Waals surface area contributed by atoms with Crippen LogP contribution in [0.1, 0.15) is 50.4 Å². The molecule has 1 aromatic heterocycles. The number of hydrogen-bond donors (Lipinski definition) is 1. The lowest BCUT2D eigenvalue weighted by molar-refractivity contribution is -0.385. The second kappa shape index (κ2) is 14.3. The average Bonchev–Trinajstić information content (AvgIpc) is 3.36. The monoisotopic (exact) mass is 659 g/mol. The van der Waals surface area contributed by atoms with E-state index in [9.17, 15) is 24.8 Å². The molecule has 1 atom stereocenters. The Morgan fingerprint density at radius 3 is 2.38 bits per heavy atom. The van der Waals surface area contributed by atoms with Crippen molar-refractivity contribution in [2.24, 2.45) is 4.99 Å². The van der Waals surface area contributed by atoms with Crippen molar-refractivity contribution in [2.45, 2.75) is 40.3 Å². The van der Waals surface area contributed by atoms with Crippen LogP contribution < -0.4 is 29.1 Å². The van der Waals surface area contributed by atoms with Crippen molar-refractivity contribution in [2.75, 3.05) is 19.8 Å². The number of benzene rings is 3. The van der Waals surface area contributed by atoms with Crippen LogP contribution in [-0.2, 0) is 16.1 Å². The molecule has 0 spiro atoms. The maximum Gasteiger partial charge on any atom is 0.338 e. The van der Waals surface area contributed by atoms with Crippen molar-refractivity contribution in [3.05, 3.63) is 113 Å². The van der Waals surface area contributed by atoms with Gasteiger partial charge in [0.15, 0.2) is 27.8 Å². The Hall–Kier alpha value is -5.43. The predicted octanol–water partition coefficient (Wildman–Crippen LogP) is 4.90. The van der Waals surface area contributed by atoms with E-state index in [1.807, 2.05) is 30.3 Å². The van der Waals surface area contributed by atoms with Gasteiger partial charge in [-0.15, -0.1) is 0 Å². The summed E-state index contributed by atoms with van der Waals surface area (Å²) in [6.07, 6.45) is 1.62. The number of nitro benzene ring substituents is 1. The highest BCUT2D eigenvalue weighted by atomic mass is 32.1. The molecular formula is C34H33N3O9S. The number of allylic oxidation sites excluding steroid dienone is 1. The standard InChI is InChI=1S/C34H33N3O9S/c1-5-43-26-15-22(13-14-25(26)38)16-29-32(39)36-20(4)30(33(40)45-7-3)31(35-34(36)47-29)23-17-27(44-6-2)28(18-24(23)37(41)42)46-19-21-11-9-8-10-12-21/h8-18,31,38H,5-7,19H2,1-4H3/b29-16-/t31-/m1/s1. The lowest BCUT2D eigenvalue weighted by Crippen LogP contribution is -2.35. The number of thiazole rings is 1.